The Morgan fingerprint density at radius 3 is 2.38 bits per heavy atom. The second-order valence-electron chi connectivity index (χ2n) is 5.74. The lowest BCUT2D eigenvalue weighted by molar-refractivity contribution is -0.142. The van der Waals surface area contributed by atoms with Crippen LogP contribution in [-0.4, -0.2) is 68.6 Å². The number of esters is 1. The van der Waals surface area contributed by atoms with Gasteiger partial charge in [-0.25, -0.2) is 8.42 Å². The summed E-state index contributed by atoms with van der Waals surface area (Å²) in [4.78, 5) is 13.8. The van der Waals surface area contributed by atoms with Gasteiger partial charge in [-0.1, -0.05) is 18.2 Å². The van der Waals surface area contributed by atoms with E-state index < -0.39 is 16.0 Å². The molecular weight excluding hydrogens is 330 g/mol. The number of nitrogens with zero attached hydrogens (tertiary/aromatic N) is 2. The summed E-state index contributed by atoms with van der Waals surface area (Å²) in [6, 6.07) is 8.43. The average molecular weight is 353 g/mol. The largest absolute Gasteiger partial charge is 0.464 e. The van der Waals surface area contributed by atoms with Crippen LogP contribution in [0.4, 0.5) is 0 Å². The summed E-state index contributed by atoms with van der Waals surface area (Å²) in [5.74, 6) is -0.396. The SMILES string of the molecule is CC(=N)CC(=O)OCCN1CCN(S(=O)(=O)c2ccccc2)CC1. The molecule has 132 valence electrons. The number of carbonyl (C=O) groups excluding carboxylic acids is 1. The first-order valence-electron chi connectivity index (χ1n) is 7.87. The molecule has 1 aromatic rings. The minimum absolute atomic E-state index is 0.0170. The fourth-order valence-electron chi connectivity index (χ4n) is 2.49. The Hall–Kier alpha value is -1.77. The first kappa shape index (κ1) is 18.6. The lowest BCUT2D eigenvalue weighted by atomic mass is 10.3. The molecule has 1 saturated heterocycles. The predicted molar refractivity (Wildman–Crippen MR) is 90.6 cm³/mol. The molecule has 0 radical (unpaired) electrons. The molecule has 0 aliphatic carbocycles. The molecule has 1 N–H and O–H groups in total. The summed E-state index contributed by atoms with van der Waals surface area (Å²) in [5, 5.41) is 7.23. The molecule has 0 unspecified atom stereocenters. The Bertz CT molecular complexity index is 668. The number of ether oxygens (including phenoxy) is 1. The van der Waals surface area contributed by atoms with Crippen LogP contribution >= 0.6 is 0 Å². The Balaban J connectivity index is 1.77. The molecular formula is C16H23N3O4S. The van der Waals surface area contributed by atoms with Crippen molar-refractivity contribution in [3.8, 4) is 0 Å². The highest BCUT2D eigenvalue weighted by atomic mass is 32.2. The summed E-state index contributed by atoms with van der Waals surface area (Å²) in [6.45, 7) is 4.45. The van der Waals surface area contributed by atoms with E-state index in [2.05, 4.69) is 4.90 Å². The van der Waals surface area contributed by atoms with E-state index in [-0.39, 0.29) is 18.7 Å². The minimum Gasteiger partial charge on any atom is -0.464 e. The molecule has 0 amide bonds. The van der Waals surface area contributed by atoms with Crippen LogP contribution in [0.3, 0.4) is 0 Å². The molecule has 1 aliphatic heterocycles. The molecule has 8 heteroatoms. The van der Waals surface area contributed by atoms with Crippen molar-refractivity contribution in [2.24, 2.45) is 0 Å². The number of piperazine rings is 1. The highest BCUT2D eigenvalue weighted by molar-refractivity contribution is 7.89. The number of carbonyl (C=O) groups is 1. The third kappa shape index (κ3) is 5.12. The summed E-state index contributed by atoms with van der Waals surface area (Å²) >= 11 is 0. The van der Waals surface area contributed by atoms with Crippen LogP contribution in [0.25, 0.3) is 0 Å². The van der Waals surface area contributed by atoms with Gasteiger partial charge in [-0.3, -0.25) is 9.69 Å². The smallest absolute Gasteiger partial charge is 0.311 e. The van der Waals surface area contributed by atoms with Crippen molar-refractivity contribution in [3.63, 3.8) is 0 Å². The van der Waals surface area contributed by atoms with Crippen molar-refractivity contribution in [2.75, 3.05) is 39.3 Å². The van der Waals surface area contributed by atoms with E-state index >= 15 is 0 Å². The molecule has 24 heavy (non-hydrogen) atoms. The molecule has 1 aliphatic rings. The number of sulfonamides is 1. The quantitative estimate of drug-likeness (QED) is 0.582. The van der Waals surface area contributed by atoms with Gasteiger partial charge in [0.2, 0.25) is 10.0 Å². The normalized spacial score (nSPS) is 16.7. The fraction of sp³-hybridized carbons (Fsp3) is 0.500. The van der Waals surface area contributed by atoms with Crippen molar-refractivity contribution >= 4 is 21.7 Å². The minimum atomic E-state index is -3.44. The van der Waals surface area contributed by atoms with Gasteiger partial charge >= 0.3 is 5.97 Å². The van der Waals surface area contributed by atoms with Crippen molar-refractivity contribution < 1.29 is 17.9 Å². The second-order valence-corrected chi connectivity index (χ2v) is 7.67. The first-order chi connectivity index (χ1) is 11.4. The Morgan fingerprint density at radius 1 is 1.17 bits per heavy atom. The van der Waals surface area contributed by atoms with Crippen LogP contribution in [0.15, 0.2) is 35.2 Å². The second kappa shape index (κ2) is 8.36. The van der Waals surface area contributed by atoms with Crippen LogP contribution in [0.5, 0.6) is 0 Å². The Labute approximate surface area is 142 Å². The van der Waals surface area contributed by atoms with Crippen LogP contribution < -0.4 is 0 Å². The molecule has 1 heterocycles. The molecule has 1 fully saturated rings. The van der Waals surface area contributed by atoms with Gasteiger partial charge in [-0.05, 0) is 19.1 Å². The maximum absolute atomic E-state index is 12.5. The maximum Gasteiger partial charge on any atom is 0.311 e. The lowest BCUT2D eigenvalue weighted by Crippen LogP contribution is -2.49. The molecule has 0 saturated carbocycles. The topological polar surface area (TPSA) is 90.8 Å². The number of benzene rings is 1. The van der Waals surface area contributed by atoms with E-state index in [4.69, 9.17) is 10.1 Å². The van der Waals surface area contributed by atoms with E-state index in [1.165, 1.54) is 4.31 Å². The van der Waals surface area contributed by atoms with Gasteiger partial charge in [0.25, 0.3) is 0 Å². The zero-order chi connectivity index (χ0) is 17.6. The average Bonchev–Trinajstić information content (AvgIpc) is 2.55. The highest BCUT2D eigenvalue weighted by Crippen LogP contribution is 2.16. The van der Waals surface area contributed by atoms with Crippen molar-refractivity contribution in [1.82, 2.24) is 9.21 Å². The molecule has 0 bridgehead atoms. The number of hydrogen-bond acceptors (Lipinski definition) is 6. The van der Waals surface area contributed by atoms with Crippen molar-refractivity contribution in [1.29, 1.82) is 5.41 Å². The van der Waals surface area contributed by atoms with E-state index in [9.17, 15) is 13.2 Å². The van der Waals surface area contributed by atoms with Crippen LogP contribution in [0.1, 0.15) is 13.3 Å². The maximum atomic E-state index is 12.5. The fourth-order valence-corrected chi connectivity index (χ4v) is 3.93. The van der Waals surface area contributed by atoms with Gasteiger partial charge in [0, 0.05) is 38.4 Å². The molecule has 0 aromatic heterocycles. The number of nitrogens with one attached hydrogen (secondary N) is 1. The highest BCUT2D eigenvalue weighted by Gasteiger charge is 2.28. The number of hydrogen-bond donors (Lipinski definition) is 1. The number of rotatable bonds is 7. The predicted octanol–water partition coefficient (Wildman–Crippen LogP) is 0.966. The molecule has 0 atom stereocenters. The summed E-state index contributed by atoms with van der Waals surface area (Å²) in [7, 11) is -3.44. The third-order valence-corrected chi connectivity index (χ3v) is 5.71. The van der Waals surface area contributed by atoms with E-state index in [0.29, 0.717) is 37.6 Å². The van der Waals surface area contributed by atoms with Crippen LogP contribution in [0, 0.1) is 5.41 Å². The Morgan fingerprint density at radius 2 is 1.79 bits per heavy atom. The standard InChI is InChI=1S/C16H23N3O4S/c1-14(17)13-16(20)23-12-11-18-7-9-19(10-8-18)24(21,22)15-5-3-2-4-6-15/h2-6,17H,7-13H2,1H3. The van der Waals surface area contributed by atoms with Gasteiger partial charge < -0.3 is 10.1 Å². The molecule has 7 nitrogen and oxygen atoms in total. The van der Waals surface area contributed by atoms with Crippen molar-refractivity contribution in [2.45, 2.75) is 18.2 Å². The molecule has 0 spiro atoms. The van der Waals surface area contributed by atoms with Crippen molar-refractivity contribution in [3.05, 3.63) is 30.3 Å². The van der Waals surface area contributed by atoms with Gasteiger partial charge in [-0.15, -0.1) is 0 Å². The van der Waals surface area contributed by atoms with Gasteiger partial charge in [-0.2, -0.15) is 4.31 Å². The Kier molecular flexibility index (Phi) is 6.47. The van der Waals surface area contributed by atoms with E-state index in [1.54, 1.807) is 37.3 Å². The van der Waals surface area contributed by atoms with Crippen LogP contribution in [-0.2, 0) is 19.6 Å². The van der Waals surface area contributed by atoms with Crippen LogP contribution in [0.2, 0.25) is 0 Å². The molecule has 2 rings (SSSR count). The zero-order valence-corrected chi connectivity index (χ0v) is 14.6. The summed E-state index contributed by atoms with van der Waals surface area (Å²) < 4.78 is 31.6. The third-order valence-electron chi connectivity index (χ3n) is 3.79. The monoisotopic (exact) mass is 353 g/mol. The summed E-state index contributed by atoms with van der Waals surface area (Å²) in [5.41, 5.74) is 0.278. The van der Waals surface area contributed by atoms with Gasteiger partial charge in [0.05, 0.1) is 11.3 Å². The molecule has 1 aromatic carbocycles. The zero-order valence-electron chi connectivity index (χ0n) is 13.8. The first-order valence-corrected chi connectivity index (χ1v) is 9.31. The van der Waals surface area contributed by atoms with E-state index in [0.717, 1.165) is 0 Å². The lowest BCUT2D eigenvalue weighted by Gasteiger charge is -2.33. The summed E-state index contributed by atoms with van der Waals surface area (Å²) in [6.07, 6.45) is 0.0170. The van der Waals surface area contributed by atoms with Gasteiger partial charge in [0.1, 0.15) is 6.61 Å². The van der Waals surface area contributed by atoms with E-state index in [1.807, 2.05) is 0 Å². The van der Waals surface area contributed by atoms with Gasteiger partial charge in [0.15, 0.2) is 0 Å².